The number of ketones is 1. The van der Waals surface area contributed by atoms with Gasteiger partial charge >= 0.3 is 0 Å². The Kier molecular flexibility index (Phi) is 0.999. The summed E-state index contributed by atoms with van der Waals surface area (Å²) in [6, 6.07) is 0. The predicted octanol–water partition coefficient (Wildman–Crippen LogP) is 1.40. The van der Waals surface area contributed by atoms with E-state index in [2.05, 4.69) is 6.58 Å². The molecule has 0 saturated heterocycles. The Morgan fingerprint density at radius 1 is 1.75 bits per heavy atom. The number of rotatable bonds is 1. The van der Waals surface area contributed by atoms with Gasteiger partial charge in [-0.15, -0.1) is 0 Å². The zero-order chi connectivity index (χ0) is 6.31. The fourth-order valence-corrected chi connectivity index (χ4v) is 1.08. The van der Waals surface area contributed by atoms with Crippen LogP contribution in [0.25, 0.3) is 0 Å². The van der Waals surface area contributed by atoms with Crippen molar-refractivity contribution in [2.45, 2.75) is 13.8 Å². The lowest BCUT2D eigenvalue weighted by molar-refractivity contribution is -0.118. The Hall–Kier alpha value is -0.590. The van der Waals surface area contributed by atoms with Crippen molar-refractivity contribution in [3.8, 4) is 0 Å². The molecule has 0 N–H and O–H groups in total. The number of hydrogen-bond donors (Lipinski definition) is 0. The first-order valence-corrected chi connectivity index (χ1v) is 2.83. The van der Waals surface area contributed by atoms with Crippen molar-refractivity contribution in [1.82, 2.24) is 0 Å². The van der Waals surface area contributed by atoms with E-state index in [9.17, 15) is 4.79 Å². The summed E-state index contributed by atoms with van der Waals surface area (Å²) in [5, 5.41) is 0. The molecular weight excluding hydrogens is 100 g/mol. The highest BCUT2D eigenvalue weighted by molar-refractivity contribution is 5.86. The van der Waals surface area contributed by atoms with Crippen LogP contribution >= 0.6 is 0 Å². The molecule has 1 rings (SSSR count). The van der Waals surface area contributed by atoms with Crippen molar-refractivity contribution >= 4 is 5.78 Å². The van der Waals surface area contributed by atoms with Crippen molar-refractivity contribution in [2.75, 3.05) is 0 Å². The molecule has 0 aromatic heterocycles. The third-order valence-electron chi connectivity index (χ3n) is 1.81. The number of hydrogen-bond acceptors (Lipinski definition) is 1. The fraction of sp³-hybridized carbons (Fsp3) is 0.571. The highest BCUT2D eigenvalue weighted by atomic mass is 16.1. The molecule has 8 heavy (non-hydrogen) atoms. The van der Waals surface area contributed by atoms with Crippen LogP contribution < -0.4 is 0 Å². The smallest absolute Gasteiger partial charge is 0.137 e. The first kappa shape index (κ1) is 5.54. The molecule has 0 aromatic carbocycles. The van der Waals surface area contributed by atoms with Gasteiger partial charge in [0.05, 0.1) is 0 Å². The molecule has 1 aliphatic rings. The van der Waals surface area contributed by atoms with E-state index in [0.29, 0.717) is 5.92 Å². The summed E-state index contributed by atoms with van der Waals surface area (Å²) in [6.07, 6.45) is 0. The van der Waals surface area contributed by atoms with Crippen molar-refractivity contribution in [3.05, 3.63) is 12.2 Å². The molecule has 2 atom stereocenters. The summed E-state index contributed by atoms with van der Waals surface area (Å²) in [5.41, 5.74) is 1.11. The average Bonchev–Trinajstić information content (AvgIpc) is 2.15. The van der Waals surface area contributed by atoms with Gasteiger partial charge in [-0.1, -0.05) is 19.1 Å². The van der Waals surface area contributed by atoms with Crippen LogP contribution in [0.5, 0.6) is 0 Å². The SMILES string of the molecule is C=C1C(C)C1C(C)=O. The Morgan fingerprint density at radius 3 is 2.12 bits per heavy atom. The van der Waals surface area contributed by atoms with Gasteiger partial charge in [-0.2, -0.15) is 0 Å². The molecular formula is C7H10O. The maximum Gasteiger partial charge on any atom is 0.137 e. The minimum atomic E-state index is 0.204. The molecule has 0 heterocycles. The van der Waals surface area contributed by atoms with Gasteiger partial charge in [-0.25, -0.2) is 0 Å². The van der Waals surface area contributed by atoms with Crippen LogP contribution in [-0.2, 0) is 4.79 Å². The van der Waals surface area contributed by atoms with Gasteiger partial charge in [0.15, 0.2) is 0 Å². The van der Waals surface area contributed by atoms with Gasteiger partial charge < -0.3 is 0 Å². The number of carbonyl (C=O) groups is 1. The van der Waals surface area contributed by atoms with Crippen LogP contribution in [0, 0.1) is 11.8 Å². The Morgan fingerprint density at radius 2 is 2.12 bits per heavy atom. The Labute approximate surface area is 49.4 Å². The van der Waals surface area contributed by atoms with E-state index in [0.717, 1.165) is 5.57 Å². The summed E-state index contributed by atoms with van der Waals surface area (Å²) >= 11 is 0. The quantitative estimate of drug-likeness (QED) is 0.466. The minimum absolute atomic E-state index is 0.204. The number of carbonyl (C=O) groups excluding carboxylic acids is 1. The van der Waals surface area contributed by atoms with Crippen LogP contribution in [0.15, 0.2) is 12.2 Å². The van der Waals surface area contributed by atoms with Gasteiger partial charge in [-0.05, 0) is 12.8 Å². The standard InChI is InChI=1S/C7H10O/c1-4-5(2)7(4)6(3)8/h5,7H,1H2,2-3H3. The van der Waals surface area contributed by atoms with Gasteiger partial charge in [0, 0.05) is 5.92 Å². The molecule has 1 fully saturated rings. The number of Topliss-reactive ketones (excluding diaryl/α,β-unsaturated/α-hetero) is 1. The van der Waals surface area contributed by atoms with Crippen molar-refractivity contribution in [3.63, 3.8) is 0 Å². The first-order chi connectivity index (χ1) is 3.64. The zero-order valence-electron chi connectivity index (χ0n) is 5.27. The molecule has 0 aliphatic heterocycles. The van der Waals surface area contributed by atoms with E-state index in [1.54, 1.807) is 6.92 Å². The van der Waals surface area contributed by atoms with Crippen molar-refractivity contribution in [1.29, 1.82) is 0 Å². The lowest BCUT2D eigenvalue weighted by atomic mass is 10.2. The van der Waals surface area contributed by atoms with Crippen LogP contribution in [0.3, 0.4) is 0 Å². The molecule has 44 valence electrons. The maximum atomic E-state index is 10.6. The van der Waals surface area contributed by atoms with E-state index < -0.39 is 0 Å². The average molecular weight is 110 g/mol. The summed E-state index contributed by atoms with van der Waals surface area (Å²) in [6.45, 7) is 7.39. The molecule has 0 radical (unpaired) electrons. The van der Waals surface area contributed by atoms with E-state index in [-0.39, 0.29) is 11.7 Å². The second kappa shape index (κ2) is 1.44. The maximum absolute atomic E-state index is 10.6. The van der Waals surface area contributed by atoms with Gasteiger partial charge in [0.2, 0.25) is 0 Å². The lowest BCUT2D eigenvalue weighted by Crippen LogP contribution is -1.92. The summed E-state index contributed by atoms with van der Waals surface area (Å²) in [4.78, 5) is 10.6. The Bertz CT molecular complexity index is 138. The van der Waals surface area contributed by atoms with Gasteiger partial charge in [0.25, 0.3) is 0 Å². The summed E-state index contributed by atoms with van der Waals surface area (Å²) in [7, 11) is 0. The van der Waals surface area contributed by atoms with E-state index in [4.69, 9.17) is 0 Å². The molecule has 0 aromatic rings. The van der Waals surface area contributed by atoms with Crippen LogP contribution in [-0.4, -0.2) is 5.78 Å². The molecule has 2 unspecified atom stereocenters. The second-order valence-corrected chi connectivity index (χ2v) is 2.45. The van der Waals surface area contributed by atoms with E-state index in [1.807, 2.05) is 6.92 Å². The largest absolute Gasteiger partial charge is 0.299 e. The highest BCUT2D eigenvalue weighted by Gasteiger charge is 2.41. The molecule has 1 heteroatoms. The molecule has 0 amide bonds. The van der Waals surface area contributed by atoms with Crippen LogP contribution in [0.1, 0.15) is 13.8 Å². The van der Waals surface area contributed by atoms with Crippen molar-refractivity contribution in [2.24, 2.45) is 11.8 Å². The van der Waals surface area contributed by atoms with Crippen LogP contribution in [0.2, 0.25) is 0 Å². The van der Waals surface area contributed by atoms with Crippen molar-refractivity contribution < 1.29 is 4.79 Å². The summed E-state index contributed by atoms with van der Waals surface area (Å²) in [5.74, 6) is 0.935. The molecule has 1 aliphatic carbocycles. The third kappa shape index (κ3) is 0.585. The normalized spacial score (nSPS) is 35.0. The first-order valence-electron chi connectivity index (χ1n) is 2.83. The topological polar surface area (TPSA) is 17.1 Å². The highest BCUT2D eigenvalue weighted by Crippen LogP contribution is 2.43. The molecule has 1 saturated carbocycles. The summed E-state index contributed by atoms with van der Waals surface area (Å²) < 4.78 is 0. The Balaban J connectivity index is 2.57. The third-order valence-corrected chi connectivity index (χ3v) is 1.81. The van der Waals surface area contributed by atoms with Crippen LogP contribution in [0.4, 0.5) is 0 Å². The second-order valence-electron chi connectivity index (χ2n) is 2.45. The predicted molar refractivity (Wildman–Crippen MR) is 32.5 cm³/mol. The van der Waals surface area contributed by atoms with E-state index in [1.165, 1.54) is 0 Å². The zero-order valence-corrected chi connectivity index (χ0v) is 5.27. The lowest BCUT2D eigenvalue weighted by Gasteiger charge is -1.79. The number of allylic oxidation sites excluding steroid dienone is 1. The fourth-order valence-electron chi connectivity index (χ4n) is 1.08. The monoisotopic (exact) mass is 110 g/mol. The van der Waals surface area contributed by atoms with Gasteiger partial charge in [0.1, 0.15) is 5.78 Å². The molecule has 0 spiro atoms. The molecule has 0 bridgehead atoms. The van der Waals surface area contributed by atoms with Gasteiger partial charge in [-0.3, -0.25) is 4.79 Å². The minimum Gasteiger partial charge on any atom is -0.299 e. The molecule has 1 nitrogen and oxygen atoms in total. The van der Waals surface area contributed by atoms with E-state index >= 15 is 0 Å².